The molecule has 9 heteroatoms. The molecular formula is C11H12O5P2S2+2. The van der Waals surface area contributed by atoms with Gasteiger partial charge in [0.05, 0.1) is 4.21 Å². The van der Waals surface area contributed by atoms with E-state index in [1.54, 1.807) is 11.8 Å². The Hall–Kier alpha value is -0.650. The van der Waals surface area contributed by atoms with Crippen LogP contribution >= 0.6 is 39.6 Å². The highest BCUT2D eigenvalue weighted by molar-refractivity contribution is 8.00. The molecule has 0 radical (unpaired) electrons. The summed E-state index contributed by atoms with van der Waals surface area (Å²) in [5.41, 5.74) is 2.63. The van der Waals surface area contributed by atoms with Crippen molar-refractivity contribution < 1.29 is 23.2 Å². The van der Waals surface area contributed by atoms with Crippen LogP contribution < -0.4 is 0 Å². The molecule has 20 heavy (non-hydrogen) atoms. The Morgan fingerprint density at radius 1 is 1.10 bits per heavy atom. The molecular weight excluding hydrogens is 338 g/mol. The van der Waals surface area contributed by atoms with E-state index in [1.165, 1.54) is 15.3 Å². The topological polar surface area (TPSA) is 83.8 Å². The van der Waals surface area contributed by atoms with Crippen molar-refractivity contribution >= 4 is 39.6 Å². The Labute approximate surface area is 126 Å². The van der Waals surface area contributed by atoms with Gasteiger partial charge in [-0.15, -0.1) is 32.9 Å². The van der Waals surface area contributed by atoms with E-state index in [4.69, 9.17) is 9.79 Å². The van der Waals surface area contributed by atoms with Gasteiger partial charge in [-0.1, -0.05) is 30.3 Å². The predicted octanol–water partition coefficient (Wildman–Crippen LogP) is 4.44. The molecule has 1 aromatic heterocycles. The molecule has 2 aromatic rings. The van der Waals surface area contributed by atoms with Crippen molar-refractivity contribution in [3.63, 3.8) is 0 Å². The second-order valence-corrected chi connectivity index (χ2v) is 6.90. The van der Waals surface area contributed by atoms with Crippen molar-refractivity contribution in [1.82, 2.24) is 0 Å². The van der Waals surface area contributed by atoms with Crippen LogP contribution in [0.5, 0.6) is 0 Å². The van der Waals surface area contributed by atoms with Gasteiger partial charge in [0.1, 0.15) is 0 Å². The lowest BCUT2D eigenvalue weighted by Crippen LogP contribution is -1.69. The normalized spacial score (nSPS) is 11.3. The van der Waals surface area contributed by atoms with Crippen molar-refractivity contribution in [2.45, 2.75) is 4.21 Å². The van der Waals surface area contributed by atoms with Gasteiger partial charge in [-0.3, -0.25) is 0 Å². The predicted molar refractivity (Wildman–Crippen MR) is 82.3 cm³/mol. The van der Waals surface area contributed by atoms with E-state index in [1.807, 2.05) is 17.4 Å². The Morgan fingerprint density at radius 2 is 1.70 bits per heavy atom. The summed E-state index contributed by atoms with van der Waals surface area (Å²) in [4.78, 5) is 15.3. The zero-order chi connectivity index (χ0) is 15.0. The van der Waals surface area contributed by atoms with Crippen LogP contribution in [-0.2, 0) is 13.4 Å². The minimum absolute atomic E-state index is 1.30. The lowest BCUT2D eigenvalue weighted by Gasteiger charge is -1.94. The van der Waals surface area contributed by atoms with Crippen LogP contribution in [-0.4, -0.2) is 16.0 Å². The van der Waals surface area contributed by atoms with Crippen LogP contribution in [0.25, 0.3) is 11.1 Å². The summed E-state index contributed by atoms with van der Waals surface area (Å²) in [6.07, 6.45) is 2.11. The first-order valence-corrected chi connectivity index (χ1v) is 9.57. The number of rotatable bonds is 4. The molecule has 2 unspecified atom stereocenters. The van der Waals surface area contributed by atoms with E-state index in [2.05, 4.69) is 46.3 Å². The summed E-state index contributed by atoms with van der Waals surface area (Å²) >= 11 is 3.61. The summed E-state index contributed by atoms with van der Waals surface area (Å²) < 4.78 is 23.5. The van der Waals surface area contributed by atoms with Crippen LogP contribution in [0.15, 0.2) is 46.0 Å². The summed E-state index contributed by atoms with van der Waals surface area (Å²) in [5, 5.41) is 2.21. The lowest BCUT2D eigenvalue weighted by molar-refractivity contribution is 0.371. The lowest BCUT2D eigenvalue weighted by atomic mass is 10.1. The van der Waals surface area contributed by atoms with Crippen molar-refractivity contribution in [2.75, 3.05) is 6.26 Å². The summed E-state index contributed by atoms with van der Waals surface area (Å²) in [6, 6.07) is 12.7. The van der Waals surface area contributed by atoms with E-state index >= 15 is 0 Å². The van der Waals surface area contributed by atoms with Crippen LogP contribution in [0.2, 0.25) is 0 Å². The first kappa shape index (κ1) is 17.4. The van der Waals surface area contributed by atoms with Crippen LogP contribution in [0.3, 0.4) is 0 Å². The van der Waals surface area contributed by atoms with Crippen LogP contribution in [0.4, 0.5) is 0 Å². The molecule has 0 aliphatic rings. The largest absolute Gasteiger partial charge is 0.745 e. The molecule has 106 valence electrons. The Balaban J connectivity index is 0.000000246. The van der Waals surface area contributed by atoms with Gasteiger partial charge in [0.15, 0.2) is 4.31 Å². The molecule has 0 saturated heterocycles. The highest BCUT2D eigenvalue weighted by Gasteiger charge is 2.31. The second-order valence-electron chi connectivity index (χ2n) is 3.28. The number of hydrogen-bond acceptors (Lipinski definition) is 5. The molecule has 0 fully saturated rings. The van der Waals surface area contributed by atoms with E-state index < -0.39 is 16.5 Å². The van der Waals surface area contributed by atoms with E-state index in [0.717, 1.165) is 0 Å². The van der Waals surface area contributed by atoms with Gasteiger partial charge < -0.3 is 0 Å². The average Bonchev–Trinajstić information content (AvgIpc) is 2.87. The van der Waals surface area contributed by atoms with Crippen LogP contribution in [0, 0.1) is 0 Å². The molecule has 0 spiro atoms. The molecule has 2 atom stereocenters. The smallest absolute Gasteiger partial charge is 0.137 e. The fraction of sp³-hybridized carbons (Fsp3) is 0.0909. The number of thiophene rings is 1. The Bertz CT molecular complexity index is 561. The van der Waals surface area contributed by atoms with Crippen molar-refractivity contribution in [3.05, 3.63) is 41.8 Å². The fourth-order valence-corrected chi connectivity index (χ4v) is 3.16. The Kier molecular flexibility index (Phi) is 8.11. The van der Waals surface area contributed by atoms with Gasteiger partial charge >= 0.3 is 16.5 Å². The van der Waals surface area contributed by atoms with Gasteiger partial charge in [-0.05, 0) is 28.8 Å². The van der Waals surface area contributed by atoms with Gasteiger partial charge in [0.2, 0.25) is 0 Å². The van der Waals surface area contributed by atoms with E-state index in [0.29, 0.717) is 0 Å². The summed E-state index contributed by atoms with van der Waals surface area (Å²) in [5.74, 6) is 0. The quantitative estimate of drug-likeness (QED) is 0.626. The van der Waals surface area contributed by atoms with E-state index in [9.17, 15) is 9.13 Å². The number of thioether (sulfide) groups is 1. The molecule has 0 amide bonds. The third-order valence-corrected chi connectivity index (χ3v) is 5.17. The first-order valence-electron chi connectivity index (χ1n) is 5.21. The minimum atomic E-state index is -2.92. The molecule has 0 aliphatic carbocycles. The monoisotopic (exact) mass is 350 g/mol. The van der Waals surface area contributed by atoms with Crippen LogP contribution in [0.1, 0.15) is 0 Å². The zero-order valence-electron chi connectivity index (χ0n) is 10.4. The number of hydrogen-bond donors (Lipinski definition) is 2. The maximum absolute atomic E-state index is 9.39. The third-order valence-electron chi connectivity index (χ3n) is 2.02. The molecule has 5 nitrogen and oxygen atoms in total. The summed E-state index contributed by atoms with van der Waals surface area (Å²) in [7, 11) is -5.85. The van der Waals surface area contributed by atoms with Crippen molar-refractivity contribution in [2.24, 2.45) is 0 Å². The molecule has 1 aromatic carbocycles. The van der Waals surface area contributed by atoms with Gasteiger partial charge in [0, 0.05) is 9.13 Å². The average molecular weight is 350 g/mol. The van der Waals surface area contributed by atoms with Gasteiger partial charge in [-0.2, -0.15) is 0 Å². The zero-order valence-corrected chi connectivity index (χ0v) is 13.8. The van der Waals surface area contributed by atoms with Crippen molar-refractivity contribution in [3.8, 4) is 11.1 Å². The standard InChI is InChI=1S/C11H10S2.O5P2/c1-12-11-7-10(8-13-11)9-5-3-2-4-6-9;1-6(2)5-7(3)4/h2-8H,1H3;/p+2. The van der Waals surface area contributed by atoms with Gasteiger partial charge in [0.25, 0.3) is 0 Å². The summed E-state index contributed by atoms with van der Waals surface area (Å²) in [6.45, 7) is 0. The molecule has 0 aliphatic heterocycles. The molecule has 0 saturated carbocycles. The third kappa shape index (κ3) is 6.68. The number of benzene rings is 1. The maximum Gasteiger partial charge on any atom is 0.745 e. The first-order chi connectivity index (χ1) is 9.52. The second kappa shape index (κ2) is 9.32. The van der Waals surface area contributed by atoms with Gasteiger partial charge in [-0.25, -0.2) is 0 Å². The highest BCUT2D eigenvalue weighted by Crippen LogP contribution is 2.31. The minimum Gasteiger partial charge on any atom is -0.137 e. The Morgan fingerprint density at radius 3 is 2.10 bits per heavy atom. The fourth-order valence-electron chi connectivity index (χ4n) is 1.27. The maximum atomic E-state index is 9.39. The molecule has 1 heterocycles. The molecule has 0 bridgehead atoms. The molecule has 2 rings (SSSR count). The molecule has 2 N–H and O–H groups in total. The van der Waals surface area contributed by atoms with Crippen molar-refractivity contribution in [1.29, 1.82) is 0 Å². The SMILES string of the molecule is CSc1cc(-c2ccccc2)cs1.O=[P+](O)O[P+](=O)O. The van der Waals surface area contributed by atoms with E-state index in [-0.39, 0.29) is 0 Å². The highest BCUT2D eigenvalue weighted by atomic mass is 32.2.